The van der Waals surface area contributed by atoms with Crippen molar-refractivity contribution in [2.75, 3.05) is 6.61 Å². The number of carbonyl (C=O) groups is 1. The lowest BCUT2D eigenvalue weighted by Crippen LogP contribution is -2.07. The molecule has 0 rings (SSSR count). The molecule has 54 valence electrons. The predicted molar refractivity (Wildman–Crippen MR) is 36.4 cm³/mol. The third-order valence-electron chi connectivity index (χ3n) is 1.21. The summed E-state index contributed by atoms with van der Waals surface area (Å²) >= 11 is 0. The molecule has 0 aliphatic carbocycles. The molecule has 2 heteroatoms. The van der Waals surface area contributed by atoms with Crippen molar-refractivity contribution in [2.45, 2.75) is 32.8 Å². The minimum absolute atomic E-state index is 0.296. The third-order valence-corrected chi connectivity index (χ3v) is 1.21. The highest BCUT2D eigenvalue weighted by atomic mass is 16.5. The first kappa shape index (κ1) is 8.63. The zero-order valence-corrected chi connectivity index (χ0v) is 6.09. The fourth-order valence-corrected chi connectivity index (χ4v) is 0.435. The average molecular weight is 130 g/mol. The summed E-state index contributed by atoms with van der Waals surface area (Å²) < 4.78 is 5.20. The third kappa shape index (κ3) is 5.50. The summed E-state index contributed by atoms with van der Waals surface area (Å²) in [7, 11) is 0. The van der Waals surface area contributed by atoms with Crippen molar-refractivity contribution in [3.05, 3.63) is 0 Å². The summed E-state index contributed by atoms with van der Waals surface area (Å²) in [6.45, 7) is 4.63. The lowest BCUT2D eigenvalue weighted by atomic mass is 10.3. The van der Waals surface area contributed by atoms with E-state index in [2.05, 4.69) is 6.92 Å². The Balaban J connectivity index is 2.96. The first-order valence-electron chi connectivity index (χ1n) is 3.36. The van der Waals surface area contributed by atoms with Crippen LogP contribution in [-0.4, -0.2) is 19.0 Å². The molecule has 0 aromatic carbocycles. The molecule has 0 heterocycles. The second-order valence-corrected chi connectivity index (χ2v) is 2.04. The van der Waals surface area contributed by atoms with E-state index in [1.807, 2.05) is 6.92 Å². The van der Waals surface area contributed by atoms with E-state index in [0.717, 1.165) is 12.7 Å². The van der Waals surface area contributed by atoms with Crippen LogP contribution < -0.4 is 0 Å². The molecule has 1 atom stereocenters. The van der Waals surface area contributed by atoms with E-state index in [0.29, 0.717) is 19.1 Å². The van der Waals surface area contributed by atoms with Crippen LogP contribution in [0.1, 0.15) is 26.7 Å². The van der Waals surface area contributed by atoms with Crippen LogP contribution in [0.15, 0.2) is 0 Å². The SMILES string of the molecule is CCC(C)OCCC=O. The summed E-state index contributed by atoms with van der Waals surface area (Å²) in [4.78, 5) is 9.79. The summed E-state index contributed by atoms with van der Waals surface area (Å²) in [6.07, 6.45) is 2.70. The van der Waals surface area contributed by atoms with E-state index < -0.39 is 0 Å². The van der Waals surface area contributed by atoms with Gasteiger partial charge < -0.3 is 9.53 Å². The Labute approximate surface area is 56.2 Å². The fourth-order valence-electron chi connectivity index (χ4n) is 0.435. The van der Waals surface area contributed by atoms with E-state index in [4.69, 9.17) is 4.74 Å². The van der Waals surface area contributed by atoms with Crippen molar-refractivity contribution in [3.8, 4) is 0 Å². The second kappa shape index (κ2) is 5.76. The van der Waals surface area contributed by atoms with Gasteiger partial charge in [0.05, 0.1) is 12.7 Å². The molecule has 0 aliphatic rings. The number of carbonyl (C=O) groups excluding carboxylic acids is 1. The van der Waals surface area contributed by atoms with Crippen molar-refractivity contribution in [1.29, 1.82) is 0 Å². The zero-order chi connectivity index (χ0) is 7.11. The van der Waals surface area contributed by atoms with Gasteiger partial charge >= 0.3 is 0 Å². The van der Waals surface area contributed by atoms with Crippen molar-refractivity contribution < 1.29 is 9.53 Å². The maximum atomic E-state index is 9.79. The van der Waals surface area contributed by atoms with E-state index in [1.54, 1.807) is 0 Å². The van der Waals surface area contributed by atoms with Crippen LogP contribution in [-0.2, 0) is 9.53 Å². The normalized spacial score (nSPS) is 13.1. The second-order valence-electron chi connectivity index (χ2n) is 2.04. The van der Waals surface area contributed by atoms with Crippen molar-refractivity contribution in [1.82, 2.24) is 0 Å². The number of aldehydes is 1. The summed E-state index contributed by atoms with van der Waals surface area (Å²) in [5, 5.41) is 0. The maximum absolute atomic E-state index is 9.79. The van der Waals surface area contributed by atoms with Gasteiger partial charge in [-0.1, -0.05) is 6.92 Å². The average Bonchev–Trinajstić information content (AvgIpc) is 1.89. The van der Waals surface area contributed by atoms with Crippen molar-refractivity contribution in [3.63, 3.8) is 0 Å². The van der Waals surface area contributed by atoms with Gasteiger partial charge in [-0.05, 0) is 13.3 Å². The van der Waals surface area contributed by atoms with Crippen molar-refractivity contribution >= 4 is 6.29 Å². The Bertz CT molecular complexity index is 71.3. The molecule has 0 aliphatic heterocycles. The molecule has 0 fully saturated rings. The summed E-state index contributed by atoms with van der Waals surface area (Å²) in [6, 6.07) is 0. The van der Waals surface area contributed by atoms with Crippen LogP contribution in [0, 0.1) is 0 Å². The van der Waals surface area contributed by atoms with Crippen LogP contribution >= 0.6 is 0 Å². The highest BCUT2D eigenvalue weighted by molar-refractivity contribution is 5.49. The highest BCUT2D eigenvalue weighted by Crippen LogP contribution is 1.94. The van der Waals surface area contributed by atoms with Gasteiger partial charge in [0.2, 0.25) is 0 Å². The lowest BCUT2D eigenvalue weighted by molar-refractivity contribution is -0.109. The first-order chi connectivity index (χ1) is 4.31. The standard InChI is InChI=1S/C7H14O2/c1-3-7(2)9-6-4-5-8/h5,7H,3-4,6H2,1-2H3. The van der Waals surface area contributed by atoms with Gasteiger partial charge in [0, 0.05) is 6.42 Å². The molecular formula is C7H14O2. The predicted octanol–water partition coefficient (Wildman–Crippen LogP) is 1.39. The van der Waals surface area contributed by atoms with Gasteiger partial charge in [0.25, 0.3) is 0 Å². The fraction of sp³-hybridized carbons (Fsp3) is 0.857. The van der Waals surface area contributed by atoms with Gasteiger partial charge in [0.15, 0.2) is 0 Å². The Kier molecular flexibility index (Phi) is 5.52. The topological polar surface area (TPSA) is 26.3 Å². The molecular weight excluding hydrogens is 116 g/mol. The van der Waals surface area contributed by atoms with E-state index in [1.165, 1.54) is 0 Å². The molecule has 0 spiro atoms. The Hall–Kier alpha value is -0.370. The quantitative estimate of drug-likeness (QED) is 0.415. The molecule has 0 saturated carbocycles. The molecule has 9 heavy (non-hydrogen) atoms. The van der Waals surface area contributed by atoms with Gasteiger partial charge in [-0.15, -0.1) is 0 Å². The summed E-state index contributed by atoms with van der Waals surface area (Å²) in [5.74, 6) is 0. The molecule has 0 saturated heterocycles. The maximum Gasteiger partial charge on any atom is 0.122 e. The number of hydrogen-bond acceptors (Lipinski definition) is 2. The van der Waals surface area contributed by atoms with Crippen LogP contribution in [0.25, 0.3) is 0 Å². The Morgan fingerprint density at radius 3 is 2.78 bits per heavy atom. The number of rotatable bonds is 5. The van der Waals surface area contributed by atoms with Gasteiger partial charge in [0.1, 0.15) is 6.29 Å². The van der Waals surface area contributed by atoms with Crippen molar-refractivity contribution in [2.24, 2.45) is 0 Å². The van der Waals surface area contributed by atoms with Crippen LogP contribution in [0.2, 0.25) is 0 Å². The smallest absolute Gasteiger partial charge is 0.122 e. The van der Waals surface area contributed by atoms with E-state index >= 15 is 0 Å². The molecule has 0 aromatic rings. The number of hydrogen-bond donors (Lipinski definition) is 0. The Morgan fingerprint density at radius 1 is 1.67 bits per heavy atom. The van der Waals surface area contributed by atoms with E-state index in [-0.39, 0.29) is 0 Å². The molecule has 0 radical (unpaired) electrons. The summed E-state index contributed by atoms with van der Waals surface area (Å²) in [5.41, 5.74) is 0. The van der Waals surface area contributed by atoms with Gasteiger partial charge in [-0.2, -0.15) is 0 Å². The first-order valence-corrected chi connectivity index (χ1v) is 3.36. The molecule has 1 unspecified atom stereocenters. The molecule has 0 bridgehead atoms. The monoisotopic (exact) mass is 130 g/mol. The highest BCUT2D eigenvalue weighted by Gasteiger charge is 1.95. The van der Waals surface area contributed by atoms with Gasteiger partial charge in [-0.3, -0.25) is 0 Å². The number of ether oxygens (including phenoxy) is 1. The minimum Gasteiger partial charge on any atom is -0.378 e. The molecule has 0 amide bonds. The largest absolute Gasteiger partial charge is 0.378 e. The zero-order valence-electron chi connectivity index (χ0n) is 6.09. The van der Waals surface area contributed by atoms with Gasteiger partial charge in [-0.25, -0.2) is 0 Å². The molecule has 0 N–H and O–H groups in total. The Morgan fingerprint density at radius 2 is 2.33 bits per heavy atom. The molecule has 0 aromatic heterocycles. The molecule has 2 nitrogen and oxygen atoms in total. The lowest BCUT2D eigenvalue weighted by Gasteiger charge is -2.07. The van der Waals surface area contributed by atoms with Crippen LogP contribution in [0.5, 0.6) is 0 Å². The minimum atomic E-state index is 0.296. The van der Waals surface area contributed by atoms with E-state index in [9.17, 15) is 4.79 Å². The van der Waals surface area contributed by atoms with Crippen LogP contribution in [0.3, 0.4) is 0 Å². The van der Waals surface area contributed by atoms with Crippen LogP contribution in [0.4, 0.5) is 0 Å².